The molecule has 5 heteroatoms. The molecule has 0 bridgehead atoms. The van der Waals surface area contributed by atoms with Crippen LogP contribution in [0.1, 0.15) is 17.8 Å². The summed E-state index contributed by atoms with van der Waals surface area (Å²) in [6.07, 6.45) is 0.516. The maximum absolute atomic E-state index is 11.9. The van der Waals surface area contributed by atoms with Crippen LogP contribution >= 0.6 is 0 Å². The number of carbonyl (C=O) groups excluding carboxylic acids is 1. The van der Waals surface area contributed by atoms with Crippen LogP contribution in [0.3, 0.4) is 0 Å². The fourth-order valence-electron chi connectivity index (χ4n) is 2.07. The minimum absolute atomic E-state index is 0.195. The largest absolute Gasteiger partial charge is 0.378 e. The van der Waals surface area contributed by atoms with Crippen molar-refractivity contribution >= 4 is 5.91 Å². The molecule has 1 amide bonds. The van der Waals surface area contributed by atoms with Crippen molar-refractivity contribution in [2.75, 3.05) is 26.3 Å². The second-order valence-corrected chi connectivity index (χ2v) is 4.39. The number of morpholine rings is 1. The van der Waals surface area contributed by atoms with Crippen molar-refractivity contribution in [3.8, 4) is 0 Å². The molecule has 1 saturated heterocycles. The predicted molar refractivity (Wildman–Crippen MR) is 63.7 cm³/mol. The van der Waals surface area contributed by atoms with E-state index in [9.17, 15) is 4.79 Å². The van der Waals surface area contributed by atoms with Gasteiger partial charge in [-0.1, -0.05) is 0 Å². The lowest BCUT2D eigenvalue weighted by atomic mass is 10.3. The lowest BCUT2D eigenvalue weighted by molar-refractivity contribution is -0.135. The summed E-state index contributed by atoms with van der Waals surface area (Å²) in [6.45, 7) is 7.39. The normalized spacial score (nSPS) is 16.2. The van der Waals surface area contributed by atoms with Gasteiger partial charge in [0.25, 0.3) is 0 Å². The first kappa shape index (κ1) is 12.1. The average Bonchev–Trinajstić information content (AvgIpc) is 2.66. The fraction of sp³-hybridized carbons (Fsp3) is 0.667. The summed E-state index contributed by atoms with van der Waals surface area (Å²) >= 11 is 0. The highest BCUT2D eigenvalue weighted by Gasteiger charge is 2.16. The van der Waals surface area contributed by atoms with Crippen LogP contribution in [0.25, 0.3) is 0 Å². The molecule has 1 aromatic rings. The Morgan fingerprint density at radius 1 is 1.41 bits per heavy atom. The van der Waals surface area contributed by atoms with E-state index in [1.54, 1.807) is 0 Å². The van der Waals surface area contributed by atoms with E-state index >= 15 is 0 Å². The molecular weight excluding hydrogens is 218 g/mol. The number of carbonyl (C=O) groups is 1. The van der Waals surface area contributed by atoms with E-state index in [0.29, 0.717) is 26.2 Å². The Bertz CT molecular complexity index is 394. The van der Waals surface area contributed by atoms with Gasteiger partial charge in [-0.05, 0) is 19.9 Å². The molecule has 0 N–H and O–H groups in total. The molecular formula is C12H19N3O2. The van der Waals surface area contributed by atoms with E-state index in [2.05, 4.69) is 5.10 Å². The highest BCUT2D eigenvalue weighted by atomic mass is 16.5. The van der Waals surface area contributed by atoms with Crippen LogP contribution in [-0.4, -0.2) is 46.9 Å². The average molecular weight is 237 g/mol. The Balaban J connectivity index is 1.85. The molecule has 0 radical (unpaired) electrons. The number of aryl methyl sites for hydroxylation is 3. The number of nitrogens with zero attached hydrogens (tertiary/aromatic N) is 3. The SMILES string of the molecule is Cc1cc(C)n(CCC(=O)N2CCOCC2)n1. The highest BCUT2D eigenvalue weighted by Crippen LogP contribution is 2.05. The molecule has 0 aromatic carbocycles. The summed E-state index contributed by atoms with van der Waals surface area (Å²) in [4.78, 5) is 13.8. The van der Waals surface area contributed by atoms with Crippen molar-refractivity contribution in [2.45, 2.75) is 26.8 Å². The zero-order chi connectivity index (χ0) is 12.3. The van der Waals surface area contributed by atoms with E-state index in [1.165, 1.54) is 0 Å². The number of rotatable bonds is 3. The van der Waals surface area contributed by atoms with Crippen LogP contribution in [0.15, 0.2) is 6.07 Å². The Hall–Kier alpha value is -1.36. The molecule has 2 heterocycles. The summed E-state index contributed by atoms with van der Waals surface area (Å²) in [5.74, 6) is 0.195. The Labute approximate surface area is 101 Å². The Morgan fingerprint density at radius 2 is 2.12 bits per heavy atom. The van der Waals surface area contributed by atoms with Gasteiger partial charge in [0.15, 0.2) is 0 Å². The van der Waals surface area contributed by atoms with E-state index in [1.807, 2.05) is 29.5 Å². The third kappa shape index (κ3) is 3.06. The summed E-state index contributed by atoms with van der Waals surface area (Å²) < 4.78 is 7.12. The monoisotopic (exact) mass is 237 g/mol. The molecule has 0 unspecified atom stereocenters. The first-order valence-electron chi connectivity index (χ1n) is 6.03. The fourth-order valence-corrected chi connectivity index (χ4v) is 2.07. The molecule has 0 spiro atoms. The summed E-state index contributed by atoms with van der Waals surface area (Å²) in [5, 5.41) is 4.35. The lowest BCUT2D eigenvalue weighted by Gasteiger charge is -2.26. The molecule has 0 saturated carbocycles. The first-order valence-corrected chi connectivity index (χ1v) is 6.03. The summed E-state index contributed by atoms with van der Waals surface area (Å²) in [5.41, 5.74) is 2.11. The van der Waals surface area contributed by atoms with Crippen molar-refractivity contribution in [3.05, 3.63) is 17.5 Å². The molecule has 1 aliphatic heterocycles. The third-order valence-electron chi connectivity index (χ3n) is 3.00. The van der Waals surface area contributed by atoms with Crippen molar-refractivity contribution in [3.63, 3.8) is 0 Å². The first-order chi connectivity index (χ1) is 8.16. The minimum atomic E-state index is 0.195. The third-order valence-corrected chi connectivity index (χ3v) is 3.00. The quantitative estimate of drug-likeness (QED) is 0.779. The summed E-state index contributed by atoms with van der Waals surface area (Å²) in [6, 6.07) is 2.03. The van der Waals surface area contributed by atoms with Crippen LogP contribution in [0.2, 0.25) is 0 Å². The highest BCUT2D eigenvalue weighted by molar-refractivity contribution is 5.76. The van der Waals surface area contributed by atoms with Crippen LogP contribution in [0, 0.1) is 13.8 Å². The molecule has 1 aliphatic rings. The number of hydrogen-bond donors (Lipinski definition) is 0. The zero-order valence-electron chi connectivity index (χ0n) is 10.5. The molecule has 0 atom stereocenters. The standard InChI is InChI=1S/C12H19N3O2/c1-10-9-11(2)15(13-10)4-3-12(16)14-5-7-17-8-6-14/h9H,3-8H2,1-2H3. The number of hydrogen-bond acceptors (Lipinski definition) is 3. The van der Waals surface area contributed by atoms with Crippen molar-refractivity contribution < 1.29 is 9.53 Å². The second kappa shape index (κ2) is 5.31. The number of amides is 1. The van der Waals surface area contributed by atoms with Gasteiger partial charge in [-0.3, -0.25) is 9.48 Å². The van der Waals surface area contributed by atoms with Crippen molar-refractivity contribution in [1.82, 2.24) is 14.7 Å². The molecule has 1 aromatic heterocycles. The van der Waals surface area contributed by atoms with Gasteiger partial charge in [0.1, 0.15) is 0 Å². The van der Waals surface area contributed by atoms with Gasteiger partial charge in [-0.25, -0.2) is 0 Å². The van der Waals surface area contributed by atoms with Crippen LogP contribution in [0.4, 0.5) is 0 Å². The Morgan fingerprint density at radius 3 is 2.71 bits per heavy atom. The van der Waals surface area contributed by atoms with Gasteiger partial charge in [0, 0.05) is 31.7 Å². The molecule has 94 valence electrons. The van der Waals surface area contributed by atoms with E-state index in [-0.39, 0.29) is 5.91 Å². The van der Waals surface area contributed by atoms with Gasteiger partial charge in [-0.15, -0.1) is 0 Å². The molecule has 0 aliphatic carbocycles. The summed E-state index contributed by atoms with van der Waals surface area (Å²) in [7, 11) is 0. The van der Waals surface area contributed by atoms with Crippen LogP contribution < -0.4 is 0 Å². The number of aromatic nitrogens is 2. The van der Waals surface area contributed by atoms with Crippen molar-refractivity contribution in [1.29, 1.82) is 0 Å². The predicted octanol–water partition coefficient (Wildman–Crippen LogP) is 0.749. The van der Waals surface area contributed by atoms with Crippen LogP contribution in [-0.2, 0) is 16.1 Å². The maximum Gasteiger partial charge on any atom is 0.224 e. The van der Waals surface area contributed by atoms with Gasteiger partial charge < -0.3 is 9.64 Å². The molecule has 1 fully saturated rings. The van der Waals surface area contributed by atoms with E-state index in [4.69, 9.17) is 4.74 Å². The molecule has 17 heavy (non-hydrogen) atoms. The Kier molecular flexibility index (Phi) is 3.78. The smallest absolute Gasteiger partial charge is 0.224 e. The van der Waals surface area contributed by atoms with E-state index < -0.39 is 0 Å². The lowest BCUT2D eigenvalue weighted by Crippen LogP contribution is -2.41. The second-order valence-electron chi connectivity index (χ2n) is 4.39. The molecule has 5 nitrogen and oxygen atoms in total. The van der Waals surface area contributed by atoms with Gasteiger partial charge >= 0.3 is 0 Å². The topological polar surface area (TPSA) is 47.4 Å². The maximum atomic E-state index is 11.9. The van der Waals surface area contributed by atoms with E-state index in [0.717, 1.165) is 24.5 Å². The number of ether oxygens (including phenoxy) is 1. The minimum Gasteiger partial charge on any atom is -0.378 e. The zero-order valence-corrected chi connectivity index (χ0v) is 10.5. The van der Waals surface area contributed by atoms with Gasteiger partial charge in [0.05, 0.1) is 18.9 Å². The van der Waals surface area contributed by atoms with Crippen molar-refractivity contribution in [2.24, 2.45) is 0 Å². The van der Waals surface area contributed by atoms with Crippen LogP contribution in [0.5, 0.6) is 0 Å². The van der Waals surface area contributed by atoms with Gasteiger partial charge in [0.2, 0.25) is 5.91 Å². The van der Waals surface area contributed by atoms with Gasteiger partial charge in [-0.2, -0.15) is 5.10 Å². The molecule has 2 rings (SSSR count).